The number of phenolic OH excluding ortho intramolecular Hbond substituents is 1. The van der Waals surface area contributed by atoms with Gasteiger partial charge in [0.15, 0.2) is 0 Å². The summed E-state index contributed by atoms with van der Waals surface area (Å²) in [6.07, 6.45) is 3.84. The Morgan fingerprint density at radius 2 is 2.11 bits per heavy atom. The van der Waals surface area contributed by atoms with Crippen LogP contribution in [-0.2, 0) is 5.41 Å². The molecule has 1 aromatic carbocycles. The van der Waals surface area contributed by atoms with Crippen molar-refractivity contribution in [1.82, 2.24) is 0 Å². The summed E-state index contributed by atoms with van der Waals surface area (Å²) in [6.45, 7) is 6.78. The van der Waals surface area contributed by atoms with Crippen LogP contribution in [0, 0.1) is 21.8 Å². The van der Waals surface area contributed by atoms with Gasteiger partial charge in [-0.1, -0.05) is 29.8 Å². The third-order valence-corrected chi connectivity index (χ3v) is 7.82. The topological polar surface area (TPSA) is 20.2 Å². The van der Waals surface area contributed by atoms with Crippen molar-refractivity contribution in [2.45, 2.75) is 45.4 Å². The summed E-state index contributed by atoms with van der Waals surface area (Å²) in [4.78, 5) is 0. The van der Waals surface area contributed by atoms with Gasteiger partial charge < -0.3 is 5.11 Å². The second kappa shape index (κ2) is 3.87. The molecule has 1 nitrogen and oxygen atoms in total. The molecule has 3 rings (SSSR count). The van der Waals surface area contributed by atoms with Gasteiger partial charge in [-0.05, 0) is 71.7 Å². The standard InChI is InChI=1S/C15H18BrIO/c1-8-11(16)6-10(13(18)12(8)17)14(2)5-4-9-7-15(9,14)3/h6,9,18H,4-5,7H2,1-3H3. The lowest BCUT2D eigenvalue weighted by molar-refractivity contribution is 0.298. The molecular weight excluding hydrogens is 403 g/mol. The number of halogens is 2. The predicted molar refractivity (Wildman–Crippen MR) is 86.1 cm³/mol. The van der Waals surface area contributed by atoms with Gasteiger partial charge in [0.1, 0.15) is 5.75 Å². The van der Waals surface area contributed by atoms with Crippen LogP contribution < -0.4 is 0 Å². The normalized spacial score (nSPS) is 37.7. The molecule has 0 spiro atoms. The van der Waals surface area contributed by atoms with Gasteiger partial charge in [0.25, 0.3) is 0 Å². The summed E-state index contributed by atoms with van der Waals surface area (Å²) in [6, 6.07) is 2.15. The molecule has 0 radical (unpaired) electrons. The molecule has 0 aliphatic heterocycles. The lowest BCUT2D eigenvalue weighted by Gasteiger charge is -2.34. The van der Waals surface area contributed by atoms with Crippen molar-refractivity contribution in [3.05, 3.63) is 25.2 Å². The summed E-state index contributed by atoms with van der Waals surface area (Å²) < 4.78 is 2.11. The molecule has 2 aliphatic rings. The molecule has 0 heterocycles. The molecule has 0 bridgehead atoms. The van der Waals surface area contributed by atoms with Crippen LogP contribution in [0.15, 0.2) is 10.5 Å². The summed E-state index contributed by atoms with van der Waals surface area (Å²) in [7, 11) is 0. The first-order valence-corrected chi connectivity index (χ1v) is 8.36. The van der Waals surface area contributed by atoms with E-state index in [1.165, 1.54) is 19.3 Å². The largest absolute Gasteiger partial charge is 0.507 e. The Labute approximate surface area is 131 Å². The summed E-state index contributed by atoms with van der Waals surface area (Å²) in [5.74, 6) is 1.38. The number of fused-ring (bicyclic) bond motifs is 1. The van der Waals surface area contributed by atoms with Crippen molar-refractivity contribution in [2.75, 3.05) is 0 Å². The maximum atomic E-state index is 10.6. The number of phenols is 1. The zero-order chi connectivity index (χ0) is 13.3. The van der Waals surface area contributed by atoms with E-state index in [2.05, 4.69) is 58.4 Å². The average molecular weight is 421 g/mol. The maximum absolute atomic E-state index is 10.6. The number of benzene rings is 1. The SMILES string of the molecule is Cc1c(Br)cc(C2(C)CCC3CC32C)c(O)c1I. The van der Waals surface area contributed by atoms with E-state index in [0.717, 1.165) is 25.1 Å². The van der Waals surface area contributed by atoms with Crippen LogP contribution in [0.1, 0.15) is 44.2 Å². The summed E-state index contributed by atoms with van der Waals surface area (Å²) in [5.41, 5.74) is 2.82. The van der Waals surface area contributed by atoms with Gasteiger partial charge in [0, 0.05) is 15.5 Å². The van der Waals surface area contributed by atoms with E-state index in [9.17, 15) is 5.11 Å². The minimum atomic E-state index is 0.137. The van der Waals surface area contributed by atoms with Crippen LogP contribution in [0.25, 0.3) is 0 Å². The van der Waals surface area contributed by atoms with Crippen molar-refractivity contribution in [2.24, 2.45) is 11.3 Å². The first-order valence-electron chi connectivity index (χ1n) is 6.49. The molecule has 0 amide bonds. The predicted octanol–water partition coefficient (Wildman–Crippen LogP) is 5.15. The molecule has 3 unspecified atom stereocenters. The Morgan fingerprint density at radius 1 is 1.44 bits per heavy atom. The second-order valence-electron chi connectivity index (χ2n) is 6.38. The molecule has 18 heavy (non-hydrogen) atoms. The molecule has 1 N–H and O–H groups in total. The van der Waals surface area contributed by atoms with Gasteiger partial charge in [-0.2, -0.15) is 0 Å². The van der Waals surface area contributed by atoms with E-state index in [4.69, 9.17) is 0 Å². The van der Waals surface area contributed by atoms with Gasteiger partial charge in [-0.3, -0.25) is 0 Å². The Kier molecular flexibility index (Phi) is 2.85. The summed E-state index contributed by atoms with van der Waals surface area (Å²) in [5, 5.41) is 10.6. The highest BCUT2D eigenvalue weighted by molar-refractivity contribution is 14.1. The maximum Gasteiger partial charge on any atom is 0.133 e. The van der Waals surface area contributed by atoms with Gasteiger partial charge in [-0.25, -0.2) is 0 Å². The quantitative estimate of drug-likeness (QED) is 0.623. The van der Waals surface area contributed by atoms with Gasteiger partial charge >= 0.3 is 0 Å². The number of hydrogen-bond donors (Lipinski definition) is 1. The van der Waals surface area contributed by atoms with Crippen LogP contribution in [-0.4, -0.2) is 5.11 Å². The van der Waals surface area contributed by atoms with E-state index in [-0.39, 0.29) is 5.41 Å². The Hall–Kier alpha value is 0.230. The van der Waals surface area contributed by atoms with Crippen LogP contribution >= 0.6 is 38.5 Å². The van der Waals surface area contributed by atoms with Crippen molar-refractivity contribution in [1.29, 1.82) is 0 Å². The number of aromatic hydroxyl groups is 1. The third kappa shape index (κ3) is 1.49. The summed E-state index contributed by atoms with van der Waals surface area (Å²) >= 11 is 5.90. The highest BCUT2D eigenvalue weighted by atomic mass is 127. The molecule has 0 aromatic heterocycles. The zero-order valence-electron chi connectivity index (χ0n) is 11.0. The van der Waals surface area contributed by atoms with E-state index >= 15 is 0 Å². The monoisotopic (exact) mass is 420 g/mol. The first kappa shape index (κ1) is 13.2. The fourth-order valence-electron chi connectivity index (χ4n) is 3.86. The lowest BCUT2D eigenvalue weighted by atomic mass is 9.70. The second-order valence-corrected chi connectivity index (χ2v) is 8.32. The van der Waals surface area contributed by atoms with Crippen molar-refractivity contribution in [3.63, 3.8) is 0 Å². The van der Waals surface area contributed by atoms with Crippen molar-refractivity contribution in [3.8, 4) is 5.75 Å². The third-order valence-electron chi connectivity index (χ3n) is 5.68. The Morgan fingerprint density at radius 3 is 2.61 bits per heavy atom. The highest BCUT2D eigenvalue weighted by Crippen LogP contribution is 2.73. The van der Waals surface area contributed by atoms with Gasteiger partial charge in [0.2, 0.25) is 0 Å². The van der Waals surface area contributed by atoms with E-state index in [1.807, 2.05) is 6.92 Å². The number of rotatable bonds is 1. The van der Waals surface area contributed by atoms with Crippen molar-refractivity contribution >= 4 is 38.5 Å². The molecule has 3 atom stereocenters. The highest BCUT2D eigenvalue weighted by Gasteiger charge is 2.66. The molecule has 1 aromatic rings. The molecule has 2 fully saturated rings. The molecular formula is C15H18BrIO. The smallest absolute Gasteiger partial charge is 0.133 e. The lowest BCUT2D eigenvalue weighted by Crippen LogP contribution is -2.29. The Balaban J connectivity index is 2.19. The molecule has 3 heteroatoms. The minimum absolute atomic E-state index is 0.137. The Bertz CT molecular complexity index is 540. The van der Waals surface area contributed by atoms with Crippen LogP contribution in [0.2, 0.25) is 0 Å². The molecule has 2 saturated carbocycles. The molecule has 98 valence electrons. The van der Waals surface area contributed by atoms with E-state index in [1.54, 1.807) is 0 Å². The fourth-order valence-corrected chi connectivity index (χ4v) is 5.24. The average Bonchev–Trinajstić information content (AvgIpc) is 2.94. The fraction of sp³-hybridized carbons (Fsp3) is 0.600. The van der Waals surface area contributed by atoms with Crippen LogP contribution in [0.3, 0.4) is 0 Å². The van der Waals surface area contributed by atoms with Crippen LogP contribution in [0.5, 0.6) is 5.75 Å². The minimum Gasteiger partial charge on any atom is -0.507 e. The molecule has 0 saturated heterocycles. The van der Waals surface area contributed by atoms with E-state index in [0.29, 0.717) is 11.2 Å². The zero-order valence-corrected chi connectivity index (χ0v) is 14.7. The molecule has 2 aliphatic carbocycles. The van der Waals surface area contributed by atoms with E-state index < -0.39 is 0 Å². The van der Waals surface area contributed by atoms with Crippen LogP contribution in [0.4, 0.5) is 0 Å². The number of hydrogen-bond acceptors (Lipinski definition) is 1. The van der Waals surface area contributed by atoms with Crippen molar-refractivity contribution < 1.29 is 5.11 Å². The first-order chi connectivity index (χ1) is 8.31. The van der Waals surface area contributed by atoms with Gasteiger partial charge in [-0.15, -0.1) is 0 Å². The van der Waals surface area contributed by atoms with Gasteiger partial charge in [0.05, 0.1) is 3.57 Å².